The largest absolute Gasteiger partial charge is 0.347 e. The van der Waals surface area contributed by atoms with E-state index in [0.29, 0.717) is 0 Å². The van der Waals surface area contributed by atoms with Gasteiger partial charge < -0.3 is 14.8 Å². The van der Waals surface area contributed by atoms with E-state index in [2.05, 4.69) is 43.0 Å². The third kappa shape index (κ3) is 2.65. The van der Waals surface area contributed by atoms with Crippen LogP contribution in [-0.2, 0) is 19.6 Å². The Morgan fingerprint density at radius 2 is 2.30 bits per heavy atom. The van der Waals surface area contributed by atoms with Crippen LogP contribution < -0.4 is 10.2 Å². The first-order valence-corrected chi connectivity index (χ1v) is 7.14. The minimum atomic E-state index is 0.776. The summed E-state index contributed by atoms with van der Waals surface area (Å²) in [6.07, 6.45) is 4.80. The van der Waals surface area contributed by atoms with Crippen LogP contribution in [0.5, 0.6) is 0 Å². The van der Waals surface area contributed by atoms with Crippen LogP contribution in [0.25, 0.3) is 0 Å². The van der Waals surface area contributed by atoms with Crippen LogP contribution in [0.2, 0.25) is 0 Å². The maximum atomic E-state index is 4.57. The van der Waals surface area contributed by atoms with E-state index in [1.54, 1.807) is 6.33 Å². The van der Waals surface area contributed by atoms with Gasteiger partial charge in [-0.05, 0) is 19.0 Å². The van der Waals surface area contributed by atoms with Gasteiger partial charge in [-0.3, -0.25) is 0 Å². The molecule has 0 aliphatic carbocycles. The first-order valence-electron chi connectivity index (χ1n) is 7.14. The second-order valence-electron chi connectivity index (χ2n) is 5.03. The van der Waals surface area contributed by atoms with Crippen LogP contribution in [0.3, 0.4) is 0 Å². The van der Waals surface area contributed by atoms with Crippen molar-refractivity contribution in [3.8, 4) is 0 Å². The summed E-state index contributed by atoms with van der Waals surface area (Å²) >= 11 is 0. The van der Waals surface area contributed by atoms with Gasteiger partial charge in [0, 0.05) is 31.4 Å². The fourth-order valence-electron chi connectivity index (χ4n) is 2.50. The molecule has 1 N–H and O–H groups in total. The quantitative estimate of drug-likeness (QED) is 0.829. The van der Waals surface area contributed by atoms with E-state index in [4.69, 9.17) is 0 Å². The van der Waals surface area contributed by atoms with Crippen molar-refractivity contribution in [2.24, 2.45) is 0 Å². The minimum absolute atomic E-state index is 0.776. The molecular formula is C14H20N6. The predicted molar refractivity (Wildman–Crippen MR) is 77.3 cm³/mol. The van der Waals surface area contributed by atoms with Crippen LogP contribution in [0, 0.1) is 0 Å². The summed E-state index contributed by atoms with van der Waals surface area (Å²) in [5.74, 6) is 2.07. The molecule has 0 aromatic carbocycles. The summed E-state index contributed by atoms with van der Waals surface area (Å²) in [7, 11) is 0. The highest BCUT2D eigenvalue weighted by Gasteiger charge is 2.20. The molecule has 20 heavy (non-hydrogen) atoms. The van der Waals surface area contributed by atoms with Crippen LogP contribution in [0.15, 0.2) is 24.7 Å². The monoisotopic (exact) mass is 272 g/mol. The second kappa shape index (κ2) is 6.00. The Bertz CT molecular complexity index is 564. The first kappa shape index (κ1) is 13.1. The summed E-state index contributed by atoms with van der Waals surface area (Å²) in [6.45, 7) is 6.71. The van der Waals surface area contributed by atoms with Gasteiger partial charge in [-0.25, -0.2) is 4.98 Å². The summed E-state index contributed by atoms with van der Waals surface area (Å²) in [5, 5.41) is 11.6. The van der Waals surface area contributed by atoms with Crippen molar-refractivity contribution in [3.05, 3.63) is 36.0 Å². The third-order valence-corrected chi connectivity index (χ3v) is 3.55. The molecule has 106 valence electrons. The molecule has 2 aromatic heterocycles. The van der Waals surface area contributed by atoms with E-state index in [9.17, 15) is 0 Å². The smallest absolute Gasteiger partial charge is 0.152 e. The van der Waals surface area contributed by atoms with Crippen LogP contribution in [0.1, 0.15) is 24.7 Å². The Morgan fingerprint density at radius 1 is 1.35 bits per heavy atom. The summed E-state index contributed by atoms with van der Waals surface area (Å²) in [4.78, 5) is 6.85. The molecule has 0 amide bonds. The van der Waals surface area contributed by atoms with Crippen molar-refractivity contribution in [1.82, 2.24) is 25.1 Å². The van der Waals surface area contributed by atoms with E-state index < -0.39 is 0 Å². The van der Waals surface area contributed by atoms with Gasteiger partial charge >= 0.3 is 0 Å². The molecule has 0 fully saturated rings. The second-order valence-corrected chi connectivity index (χ2v) is 5.03. The average Bonchev–Trinajstić information content (AvgIpc) is 2.95. The van der Waals surface area contributed by atoms with Crippen molar-refractivity contribution in [1.29, 1.82) is 0 Å². The molecule has 0 saturated carbocycles. The minimum Gasteiger partial charge on any atom is -0.347 e. The number of hydrogen-bond acceptors (Lipinski definition) is 5. The number of nitrogens with zero attached hydrogens (tertiary/aromatic N) is 5. The zero-order valence-corrected chi connectivity index (χ0v) is 11.8. The molecule has 3 heterocycles. The fourth-order valence-corrected chi connectivity index (χ4v) is 2.50. The van der Waals surface area contributed by atoms with Crippen LogP contribution in [0.4, 0.5) is 5.82 Å². The Labute approximate surface area is 118 Å². The molecule has 0 radical (unpaired) electrons. The topological polar surface area (TPSA) is 58.9 Å². The molecule has 2 aromatic rings. The zero-order chi connectivity index (χ0) is 13.8. The summed E-state index contributed by atoms with van der Waals surface area (Å²) in [5.41, 5.74) is 1.24. The first-order chi connectivity index (χ1) is 9.88. The average molecular weight is 272 g/mol. The molecule has 1 aliphatic heterocycles. The Morgan fingerprint density at radius 3 is 3.20 bits per heavy atom. The maximum Gasteiger partial charge on any atom is 0.152 e. The van der Waals surface area contributed by atoms with Crippen LogP contribution in [-0.4, -0.2) is 32.8 Å². The summed E-state index contributed by atoms with van der Waals surface area (Å²) < 4.78 is 2.11. The van der Waals surface area contributed by atoms with Crippen molar-refractivity contribution >= 4 is 5.82 Å². The number of fused-ring (bicyclic) bond motifs is 1. The molecule has 0 spiro atoms. The molecule has 1 aliphatic rings. The van der Waals surface area contributed by atoms with Gasteiger partial charge in [-0.1, -0.05) is 13.0 Å². The molecule has 0 bridgehead atoms. The molecule has 6 nitrogen and oxygen atoms in total. The van der Waals surface area contributed by atoms with Gasteiger partial charge in [0.25, 0.3) is 0 Å². The number of rotatable bonds is 5. The predicted octanol–water partition coefficient (Wildman–Crippen LogP) is 1.19. The van der Waals surface area contributed by atoms with Gasteiger partial charge in [0.15, 0.2) is 5.82 Å². The van der Waals surface area contributed by atoms with E-state index in [-0.39, 0.29) is 0 Å². The van der Waals surface area contributed by atoms with E-state index >= 15 is 0 Å². The van der Waals surface area contributed by atoms with Crippen LogP contribution >= 0.6 is 0 Å². The summed E-state index contributed by atoms with van der Waals surface area (Å²) in [6, 6.07) is 4.14. The van der Waals surface area contributed by atoms with Gasteiger partial charge in [-0.2, -0.15) is 0 Å². The highest BCUT2D eigenvalue weighted by molar-refractivity contribution is 5.47. The number of anilines is 1. The molecule has 0 atom stereocenters. The van der Waals surface area contributed by atoms with Gasteiger partial charge in [-0.15, -0.1) is 10.2 Å². The third-order valence-electron chi connectivity index (χ3n) is 3.55. The molecule has 0 saturated heterocycles. The lowest BCUT2D eigenvalue weighted by atomic mass is 10.2. The van der Waals surface area contributed by atoms with Crippen molar-refractivity contribution < 1.29 is 0 Å². The molecular weight excluding hydrogens is 252 g/mol. The van der Waals surface area contributed by atoms with Gasteiger partial charge in [0.1, 0.15) is 12.1 Å². The normalized spacial score (nSPS) is 14.3. The van der Waals surface area contributed by atoms with E-state index in [1.165, 1.54) is 5.56 Å². The fraction of sp³-hybridized carbons (Fsp3) is 0.500. The SMILES string of the molecule is CCCNCc1cccnc1N1CCn2cnnc2C1. The number of aromatic nitrogens is 4. The highest BCUT2D eigenvalue weighted by atomic mass is 15.3. The Balaban J connectivity index is 1.77. The number of hydrogen-bond donors (Lipinski definition) is 1. The lowest BCUT2D eigenvalue weighted by molar-refractivity contribution is 0.553. The van der Waals surface area contributed by atoms with Crippen molar-refractivity contribution in [2.45, 2.75) is 33.0 Å². The number of pyridine rings is 1. The molecule has 6 heteroatoms. The number of nitrogens with one attached hydrogen (secondary N) is 1. The zero-order valence-electron chi connectivity index (χ0n) is 11.8. The van der Waals surface area contributed by atoms with Crippen molar-refractivity contribution in [3.63, 3.8) is 0 Å². The highest BCUT2D eigenvalue weighted by Crippen LogP contribution is 2.21. The lowest BCUT2D eigenvalue weighted by Crippen LogP contribution is -2.35. The van der Waals surface area contributed by atoms with Gasteiger partial charge in [0.2, 0.25) is 0 Å². The van der Waals surface area contributed by atoms with Crippen molar-refractivity contribution in [2.75, 3.05) is 18.0 Å². The maximum absolute atomic E-state index is 4.57. The lowest BCUT2D eigenvalue weighted by Gasteiger charge is -2.29. The standard InChI is InChI=1S/C14H20N6/c1-2-5-15-9-12-4-3-6-16-14(12)19-7-8-20-11-17-18-13(20)10-19/h3-4,6,11,15H,2,5,7-10H2,1H3. The van der Waals surface area contributed by atoms with Gasteiger partial charge in [0.05, 0.1) is 6.54 Å². The molecule has 3 rings (SSSR count). The Hall–Kier alpha value is -1.95. The molecule has 0 unspecified atom stereocenters. The Kier molecular flexibility index (Phi) is 3.92. The van der Waals surface area contributed by atoms with E-state index in [1.807, 2.05) is 12.3 Å². The van der Waals surface area contributed by atoms with E-state index in [0.717, 1.165) is 50.8 Å².